The smallest absolute Gasteiger partial charge is 0.131 e. The molecular formula is C9H18ClN3. The first-order valence-corrected chi connectivity index (χ1v) is 5.34. The van der Waals surface area contributed by atoms with Crippen LogP contribution >= 0.6 is 11.8 Å². The Labute approximate surface area is 85.5 Å². The zero-order chi connectivity index (χ0) is 9.68. The quantitative estimate of drug-likeness (QED) is 0.506. The fourth-order valence-corrected chi connectivity index (χ4v) is 1.52. The molecule has 0 saturated carbocycles. The normalized spacial score (nSPS) is 21.6. The van der Waals surface area contributed by atoms with E-state index in [4.69, 9.17) is 11.8 Å². The van der Waals surface area contributed by atoms with Gasteiger partial charge in [-0.2, -0.15) is 5.10 Å². The zero-order valence-electron chi connectivity index (χ0n) is 8.41. The Kier molecular flexibility index (Phi) is 4.36. The van der Waals surface area contributed by atoms with Crippen molar-refractivity contribution in [2.75, 3.05) is 6.54 Å². The molecule has 1 aliphatic heterocycles. The summed E-state index contributed by atoms with van der Waals surface area (Å²) < 4.78 is 1.61. The summed E-state index contributed by atoms with van der Waals surface area (Å²) in [7, 11) is 0. The summed E-state index contributed by atoms with van der Waals surface area (Å²) in [6, 6.07) is 0. The van der Waals surface area contributed by atoms with Crippen LogP contribution in [0.5, 0.6) is 0 Å². The van der Waals surface area contributed by atoms with Crippen LogP contribution in [0.1, 0.15) is 39.5 Å². The maximum atomic E-state index is 5.84. The Bertz CT molecular complexity index is 172. The van der Waals surface area contributed by atoms with Crippen molar-refractivity contribution in [3.05, 3.63) is 0 Å². The fourth-order valence-electron chi connectivity index (χ4n) is 1.38. The van der Waals surface area contributed by atoms with E-state index in [1.165, 1.54) is 25.7 Å². The first-order valence-electron chi connectivity index (χ1n) is 5.00. The Morgan fingerprint density at radius 3 is 2.69 bits per heavy atom. The van der Waals surface area contributed by atoms with Gasteiger partial charge < -0.3 is 0 Å². The molecule has 1 aliphatic rings. The molecule has 1 rings (SSSR count). The second-order valence-electron chi connectivity index (χ2n) is 3.43. The molecule has 0 aromatic carbocycles. The van der Waals surface area contributed by atoms with Crippen LogP contribution in [0.25, 0.3) is 0 Å². The highest BCUT2D eigenvalue weighted by atomic mass is 35.5. The lowest BCUT2D eigenvalue weighted by molar-refractivity contribution is 0.188. The van der Waals surface area contributed by atoms with Crippen LogP contribution in [-0.4, -0.2) is 28.5 Å². The first-order chi connectivity index (χ1) is 6.25. The van der Waals surface area contributed by atoms with Crippen LogP contribution in [0.2, 0.25) is 0 Å². The fraction of sp³-hybridized carbons (Fsp3) is 0.889. The summed E-state index contributed by atoms with van der Waals surface area (Å²) in [5, 5.41) is 6.23. The molecule has 3 nitrogen and oxygen atoms in total. The third kappa shape index (κ3) is 3.07. The molecule has 0 N–H and O–H groups in total. The maximum Gasteiger partial charge on any atom is 0.131 e. The van der Waals surface area contributed by atoms with Crippen LogP contribution in [0, 0.1) is 0 Å². The van der Waals surface area contributed by atoms with Crippen LogP contribution in [-0.2, 0) is 0 Å². The number of rotatable bonds is 5. The van der Waals surface area contributed by atoms with Crippen molar-refractivity contribution in [2.45, 2.75) is 45.7 Å². The molecule has 0 fully saturated rings. The third-order valence-corrected chi connectivity index (χ3v) is 2.71. The zero-order valence-corrected chi connectivity index (χ0v) is 9.17. The highest BCUT2D eigenvalue weighted by Crippen LogP contribution is 2.14. The van der Waals surface area contributed by atoms with Crippen molar-refractivity contribution in [2.24, 2.45) is 5.10 Å². The Morgan fingerprint density at radius 1 is 1.38 bits per heavy atom. The molecule has 0 aromatic heterocycles. The van der Waals surface area contributed by atoms with E-state index in [1.807, 2.05) is 5.01 Å². The van der Waals surface area contributed by atoms with Gasteiger partial charge in [0.1, 0.15) is 12.5 Å². The molecule has 0 spiro atoms. The van der Waals surface area contributed by atoms with Crippen molar-refractivity contribution in [1.29, 1.82) is 0 Å². The molecule has 1 unspecified atom stereocenters. The Morgan fingerprint density at radius 2 is 2.15 bits per heavy atom. The minimum atomic E-state index is 0.211. The van der Waals surface area contributed by atoms with Crippen LogP contribution in [0.4, 0.5) is 0 Å². The van der Waals surface area contributed by atoms with Gasteiger partial charge in [-0.15, -0.1) is 0 Å². The predicted molar refractivity (Wildman–Crippen MR) is 56.5 cm³/mol. The molecule has 0 aliphatic carbocycles. The molecule has 1 atom stereocenters. The first kappa shape index (κ1) is 10.6. The minimum absolute atomic E-state index is 0.211. The van der Waals surface area contributed by atoms with Crippen LogP contribution in [0.15, 0.2) is 5.10 Å². The van der Waals surface area contributed by atoms with E-state index in [0.29, 0.717) is 0 Å². The molecule has 0 saturated heterocycles. The third-order valence-electron chi connectivity index (χ3n) is 2.34. The molecule has 13 heavy (non-hydrogen) atoms. The lowest BCUT2D eigenvalue weighted by Crippen LogP contribution is -2.32. The number of nitrogens with zero attached hydrogens (tertiary/aromatic N) is 3. The summed E-state index contributed by atoms with van der Waals surface area (Å²) in [6.45, 7) is 5.29. The Balaban J connectivity index is 2.12. The molecule has 1 heterocycles. The second-order valence-corrected chi connectivity index (χ2v) is 3.82. The lowest BCUT2D eigenvalue weighted by atomic mass is 10.2. The monoisotopic (exact) mass is 203 g/mol. The van der Waals surface area contributed by atoms with E-state index in [9.17, 15) is 0 Å². The van der Waals surface area contributed by atoms with E-state index in [-0.39, 0.29) is 6.17 Å². The summed E-state index contributed by atoms with van der Waals surface area (Å²) >= 11 is 5.84. The molecule has 76 valence electrons. The number of hydrogen-bond donors (Lipinski definition) is 0. The number of unbranched alkanes of at least 4 members (excludes halogenated alkanes) is 3. The second kappa shape index (κ2) is 5.32. The van der Waals surface area contributed by atoms with E-state index in [1.54, 1.807) is 10.8 Å². The van der Waals surface area contributed by atoms with E-state index >= 15 is 0 Å². The summed E-state index contributed by atoms with van der Waals surface area (Å²) in [5.41, 5.74) is 0. The number of halogens is 1. The topological polar surface area (TPSA) is 18.8 Å². The van der Waals surface area contributed by atoms with Gasteiger partial charge in [0, 0.05) is 18.3 Å². The number of hydrogen-bond acceptors (Lipinski definition) is 3. The van der Waals surface area contributed by atoms with Crippen molar-refractivity contribution in [3.8, 4) is 0 Å². The summed E-state index contributed by atoms with van der Waals surface area (Å²) in [6.07, 6.45) is 6.98. The Hall–Kier alpha value is -0.440. The van der Waals surface area contributed by atoms with Gasteiger partial charge in [-0.25, -0.2) is 4.42 Å². The van der Waals surface area contributed by atoms with E-state index in [0.717, 1.165) is 6.54 Å². The highest BCUT2D eigenvalue weighted by Gasteiger charge is 2.20. The summed E-state index contributed by atoms with van der Waals surface area (Å²) in [4.78, 5) is 0. The van der Waals surface area contributed by atoms with E-state index < -0.39 is 0 Å². The largest absolute Gasteiger partial charge is 0.272 e. The van der Waals surface area contributed by atoms with Gasteiger partial charge in [-0.1, -0.05) is 26.2 Å². The van der Waals surface area contributed by atoms with Crippen molar-refractivity contribution in [1.82, 2.24) is 9.43 Å². The molecule has 0 aromatic rings. The van der Waals surface area contributed by atoms with Gasteiger partial charge in [0.15, 0.2) is 0 Å². The molecule has 4 heteroatoms. The van der Waals surface area contributed by atoms with Crippen molar-refractivity contribution < 1.29 is 0 Å². The predicted octanol–water partition coefficient (Wildman–Crippen LogP) is 2.63. The molecule has 0 bridgehead atoms. The number of hydrazone groups is 1. The van der Waals surface area contributed by atoms with Gasteiger partial charge >= 0.3 is 0 Å². The molecule has 0 amide bonds. The standard InChI is InChI=1S/C9H18ClN3/c1-3-4-5-6-7-13-9(2)12(10)8-11-13/h8-9H,3-7H2,1-2H3. The van der Waals surface area contributed by atoms with Crippen molar-refractivity contribution in [3.63, 3.8) is 0 Å². The van der Waals surface area contributed by atoms with Crippen LogP contribution in [0.3, 0.4) is 0 Å². The average Bonchev–Trinajstić information content (AvgIpc) is 2.43. The molecule has 0 radical (unpaired) electrons. The minimum Gasteiger partial charge on any atom is -0.272 e. The average molecular weight is 204 g/mol. The van der Waals surface area contributed by atoms with Gasteiger partial charge in [-0.3, -0.25) is 5.01 Å². The van der Waals surface area contributed by atoms with Crippen molar-refractivity contribution >= 4 is 18.1 Å². The molecular weight excluding hydrogens is 186 g/mol. The van der Waals surface area contributed by atoms with Gasteiger partial charge in [0.25, 0.3) is 0 Å². The van der Waals surface area contributed by atoms with E-state index in [2.05, 4.69) is 18.9 Å². The SMILES string of the molecule is CCCCCCN1N=CN(Cl)C1C. The lowest BCUT2D eigenvalue weighted by Gasteiger charge is -2.22. The van der Waals surface area contributed by atoms with Gasteiger partial charge in [0.2, 0.25) is 0 Å². The summed E-state index contributed by atoms with van der Waals surface area (Å²) in [5.74, 6) is 0. The maximum absolute atomic E-state index is 5.84. The van der Waals surface area contributed by atoms with Gasteiger partial charge in [0.05, 0.1) is 0 Å². The van der Waals surface area contributed by atoms with Gasteiger partial charge in [-0.05, 0) is 13.3 Å². The van der Waals surface area contributed by atoms with Crippen LogP contribution < -0.4 is 0 Å². The highest BCUT2D eigenvalue weighted by molar-refractivity contribution is 6.19.